The van der Waals surface area contributed by atoms with Gasteiger partial charge in [-0.1, -0.05) is 12.1 Å². The lowest BCUT2D eigenvalue weighted by molar-refractivity contribution is -0.0586. The molecule has 0 bridgehead atoms. The summed E-state index contributed by atoms with van der Waals surface area (Å²) in [6.07, 6.45) is 0.705. The summed E-state index contributed by atoms with van der Waals surface area (Å²) < 4.78 is 29.0. The van der Waals surface area contributed by atoms with Gasteiger partial charge in [0.05, 0.1) is 29.3 Å². The van der Waals surface area contributed by atoms with Crippen molar-refractivity contribution in [3.05, 3.63) is 29.8 Å². The second-order valence-electron chi connectivity index (χ2n) is 6.61. The summed E-state index contributed by atoms with van der Waals surface area (Å²) in [7, 11) is -2.92. The third-order valence-electron chi connectivity index (χ3n) is 4.31. The normalized spacial score (nSPS) is 29.6. The van der Waals surface area contributed by atoms with Crippen LogP contribution in [-0.2, 0) is 14.6 Å². The number of amides is 1. The Morgan fingerprint density at radius 3 is 2.50 bits per heavy atom. The highest BCUT2D eigenvalue weighted by Crippen LogP contribution is 2.33. The van der Waals surface area contributed by atoms with E-state index in [0.29, 0.717) is 25.1 Å². The third kappa shape index (κ3) is 4.13. The van der Waals surface area contributed by atoms with Gasteiger partial charge in [0.15, 0.2) is 9.84 Å². The molecular formula is C17H23NO4S2. The maximum absolute atomic E-state index is 13.0. The molecule has 7 heteroatoms. The molecule has 0 spiro atoms. The molecule has 3 unspecified atom stereocenters. The zero-order valence-electron chi connectivity index (χ0n) is 14.0. The molecule has 0 aromatic heterocycles. The number of rotatable bonds is 3. The second kappa shape index (κ2) is 7.06. The summed E-state index contributed by atoms with van der Waals surface area (Å²) in [5.41, 5.74) is 0.660. The number of sulfone groups is 1. The minimum Gasteiger partial charge on any atom is -0.372 e. The highest BCUT2D eigenvalue weighted by atomic mass is 32.2. The van der Waals surface area contributed by atoms with Gasteiger partial charge < -0.3 is 9.64 Å². The molecule has 0 saturated carbocycles. The van der Waals surface area contributed by atoms with Crippen molar-refractivity contribution in [1.29, 1.82) is 0 Å². The van der Waals surface area contributed by atoms with Gasteiger partial charge in [-0.25, -0.2) is 8.42 Å². The maximum Gasteiger partial charge on any atom is 0.255 e. The smallest absolute Gasteiger partial charge is 0.255 e. The quantitative estimate of drug-likeness (QED) is 0.817. The molecule has 2 aliphatic rings. The predicted molar refractivity (Wildman–Crippen MR) is 95.3 cm³/mol. The fourth-order valence-electron chi connectivity index (χ4n) is 3.29. The van der Waals surface area contributed by atoms with Crippen LogP contribution in [-0.4, -0.2) is 61.3 Å². The van der Waals surface area contributed by atoms with Gasteiger partial charge in [-0.05, 0) is 32.4 Å². The lowest BCUT2D eigenvalue weighted by atomic mass is 10.1. The monoisotopic (exact) mass is 369 g/mol. The van der Waals surface area contributed by atoms with Crippen LogP contribution in [0.3, 0.4) is 0 Å². The molecule has 2 aliphatic heterocycles. The first-order valence-corrected chi connectivity index (χ1v) is 10.9. The fourth-order valence-corrected chi connectivity index (χ4v) is 6.91. The molecule has 1 amide bonds. The van der Waals surface area contributed by atoms with Crippen molar-refractivity contribution in [2.75, 3.05) is 24.6 Å². The number of thioether (sulfide) groups is 1. The number of benzene rings is 1. The van der Waals surface area contributed by atoms with Gasteiger partial charge in [0.25, 0.3) is 5.91 Å². The van der Waals surface area contributed by atoms with E-state index < -0.39 is 9.84 Å². The van der Waals surface area contributed by atoms with Gasteiger partial charge in [-0.2, -0.15) is 0 Å². The summed E-state index contributed by atoms with van der Waals surface area (Å²) in [6.45, 7) is 5.11. The Hall–Kier alpha value is -1.05. The summed E-state index contributed by atoms with van der Waals surface area (Å²) in [6, 6.07) is 7.50. The van der Waals surface area contributed by atoms with E-state index in [4.69, 9.17) is 4.74 Å². The van der Waals surface area contributed by atoms with E-state index in [1.165, 1.54) is 11.8 Å². The van der Waals surface area contributed by atoms with Crippen LogP contribution in [0.5, 0.6) is 0 Å². The van der Waals surface area contributed by atoms with Crippen LogP contribution >= 0.6 is 11.8 Å². The minimum absolute atomic E-state index is 0.000883. The van der Waals surface area contributed by atoms with E-state index in [2.05, 4.69) is 0 Å². The number of carbonyl (C=O) groups excluding carboxylic acids is 1. The molecule has 2 heterocycles. The van der Waals surface area contributed by atoms with Crippen molar-refractivity contribution in [2.24, 2.45) is 0 Å². The Bertz CT molecular complexity index is 709. The Kier molecular flexibility index (Phi) is 5.22. The minimum atomic E-state index is -2.92. The van der Waals surface area contributed by atoms with Crippen LogP contribution in [0, 0.1) is 0 Å². The average molecular weight is 370 g/mol. The van der Waals surface area contributed by atoms with E-state index in [1.807, 2.05) is 43.0 Å². The Labute approximate surface area is 147 Å². The molecule has 24 heavy (non-hydrogen) atoms. The summed E-state index contributed by atoms with van der Waals surface area (Å²) in [5.74, 6) is 0.450. The first-order valence-electron chi connectivity index (χ1n) is 8.25. The van der Waals surface area contributed by atoms with Crippen LogP contribution in [0.1, 0.15) is 30.6 Å². The lowest BCUT2D eigenvalue weighted by Crippen LogP contribution is -2.48. The van der Waals surface area contributed by atoms with Crippen LogP contribution < -0.4 is 0 Å². The molecule has 0 radical (unpaired) electrons. The number of nitrogens with zero attached hydrogens (tertiary/aromatic N) is 1. The molecule has 0 N–H and O–H groups in total. The van der Waals surface area contributed by atoms with E-state index >= 15 is 0 Å². The molecule has 2 fully saturated rings. The van der Waals surface area contributed by atoms with E-state index in [1.54, 1.807) is 0 Å². The van der Waals surface area contributed by atoms with Crippen molar-refractivity contribution >= 4 is 27.5 Å². The fraction of sp³-hybridized carbons (Fsp3) is 0.588. The van der Waals surface area contributed by atoms with Gasteiger partial charge in [0.2, 0.25) is 0 Å². The van der Waals surface area contributed by atoms with Crippen LogP contribution in [0.2, 0.25) is 0 Å². The van der Waals surface area contributed by atoms with Gasteiger partial charge in [0.1, 0.15) is 0 Å². The Morgan fingerprint density at radius 1 is 1.21 bits per heavy atom. The summed E-state index contributed by atoms with van der Waals surface area (Å²) >= 11 is 1.52. The van der Waals surface area contributed by atoms with Gasteiger partial charge >= 0.3 is 0 Å². The van der Waals surface area contributed by atoms with Crippen molar-refractivity contribution < 1.29 is 17.9 Å². The van der Waals surface area contributed by atoms with Crippen LogP contribution in [0.4, 0.5) is 0 Å². The number of ether oxygens (including phenoxy) is 1. The zero-order chi connectivity index (χ0) is 17.3. The summed E-state index contributed by atoms with van der Waals surface area (Å²) in [4.78, 5) is 15.7. The number of hydrogen-bond acceptors (Lipinski definition) is 5. The highest BCUT2D eigenvalue weighted by Gasteiger charge is 2.31. The Morgan fingerprint density at radius 2 is 1.88 bits per heavy atom. The van der Waals surface area contributed by atoms with E-state index in [0.717, 1.165) is 4.90 Å². The number of morpholine rings is 1. The Balaban J connectivity index is 1.77. The maximum atomic E-state index is 13.0. The average Bonchev–Trinajstić information content (AvgIpc) is 2.85. The summed E-state index contributed by atoms with van der Waals surface area (Å²) in [5, 5.41) is 0.0338. The van der Waals surface area contributed by atoms with Gasteiger partial charge in [0, 0.05) is 23.2 Å². The SMILES string of the molecule is CC1CN(C(=O)c2ccccc2SC2CCS(=O)(=O)C2)CC(C)O1. The van der Waals surface area contributed by atoms with Crippen LogP contribution in [0.25, 0.3) is 0 Å². The van der Waals surface area contributed by atoms with E-state index in [9.17, 15) is 13.2 Å². The predicted octanol–water partition coefficient (Wildman–Crippen LogP) is 2.22. The molecular weight excluding hydrogens is 346 g/mol. The molecule has 3 rings (SSSR count). The largest absolute Gasteiger partial charge is 0.372 e. The van der Waals surface area contributed by atoms with Gasteiger partial charge in [-0.15, -0.1) is 11.8 Å². The lowest BCUT2D eigenvalue weighted by Gasteiger charge is -2.35. The molecule has 3 atom stereocenters. The van der Waals surface area contributed by atoms with E-state index in [-0.39, 0.29) is 34.9 Å². The van der Waals surface area contributed by atoms with Crippen molar-refractivity contribution in [3.63, 3.8) is 0 Å². The zero-order valence-corrected chi connectivity index (χ0v) is 15.6. The van der Waals surface area contributed by atoms with Crippen molar-refractivity contribution in [2.45, 2.75) is 42.6 Å². The second-order valence-corrected chi connectivity index (χ2v) is 10.2. The van der Waals surface area contributed by atoms with Crippen molar-refractivity contribution in [1.82, 2.24) is 4.90 Å². The molecule has 1 aromatic rings. The number of carbonyl (C=O) groups is 1. The number of hydrogen-bond donors (Lipinski definition) is 0. The topological polar surface area (TPSA) is 63.7 Å². The first-order chi connectivity index (χ1) is 11.3. The standard InChI is InChI=1S/C17H23NO4S2/c1-12-9-18(10-13(2)22-12)17(19)15-5-3-4-6-16(15)23-14-7-8-24(20,21)11-14/h3-6,12-14H,7-11H2,1-2H3. The molecule has 2 saturated heterocycles. The molecule has 1 aromatic carbocycles. The highest BCUT2D eigenvalue weighted by molar-refractivity contribution is 8.02. The van der Waals surface area contributed by atoms with Gasteiger partial charge in [-0.3, -0.25) is 4.79 Å². The third-order valence-corrected chi connectivity index (χ3v) is 7.63. The van der Waals surface area contributed by atoms with Crippen LogP contribution in [0.15, 0.2) is 29.2 Å². The first kappa shape index (κ1) is 17.8. The molecule has 132 valence electrons. The molecule has 0 aliphatic carbocycles. The van der Waals surface area contributed by atoms with Crippen molar-refractivity contribution in [3.8, 4) is 0 Å². The molecule has 5 nitrogen and oxygen atoms in total.